The van der Waals surface area contributed by atoms with Crippen molar-refractivity contribution in [1.29, 1.82) is 0 Å². The summed E-state index contributed by atoms with van der Waals surface area (Å²) in [6.07, 6.45) is 0.624. The number of nitrogens with zero attached hydrogens (tertiary/aromatic N) is 1. The smallest absolute Gasteiger partial charge is 0.230 e. The van der Waals surface area contributed by atoms with Crippen LogP contribution in [0.25, 0.3) is 0 Å². The minimum Gasteiger partial charge on any atom is -0.326 e. The summed E-state index contributed by atoms with van der Waals surface area (Å²) in [4.78, 5) is 27.0. The van der Waals surface area contributed by atoms with E-state index in [1.165, 1.54) is 5.56 Å². The van der Waals surface area contributed by atoms with Crippen molar-refractivity contribution in [2.45, 2.75) is 27.2 Å². The van der Waals surface area contributed by atoms with E-state index in [4.69, 9.17) is 0 Å². The van der Waals surface area contributed by atoms with Crippen LogP contribution in [0, 0.1) is 25.7 Å². The summed E-state index contributed by atoms with van der Waals surface area (Å²) >= 11 is 0. The summed E-state index contributed by atoms with van der Waals surface area (Å²) in [6.45, 7) is 6.62. The van der Waals surface area contributed by atoms with Crippen molar-refractivity contribution < 1.29 is 9.59 Å². The maximum absolute atomic E-state index is 12.7. The Kier molecular flexibility index (Phi) is 4.88. The molecule has 0 spiro atoms. The van der Waals surface area contributed by atoms with Gasteiger partial charge in [0.25, 0.3) is 0 Å². The van der Waals surface area contributed by atoms with Gasteiger partial charge in [-0.3, -0.25) is 9.59 Å². The molecule has 1 N–H and O–H groups in total. The molecule has 2 aromatic rings. The van der Waals surface area contributed by atoms with E-state index < -0.39 is 0 Å². The summed E-state index contributed by atoms with van der Waals surface area (Å²) < 4.78 is 0. The summed E-state index contributed by atoms with van der Waals surface area (Å²) in [6, 6.07) is 15.5. The van der Waals surface area contributed by atoms with Crippen molar-refractivity contribution >= 4 is 23.2 Å². The quantitative estimate of drug-likeness (QED) is 0.899. The third-order valence-electron chi connectivity index (χ3n) is 4.87. The van der Waals surface area contributed by atoms with Crippen LogP contribution < -0.4 is 10.2 Å². The second kappa shape index (κ2) is 7.09. The number of aryl methyl sites for hydroxylation is 2. The molecule has 0 aromatic heterocycles. The zero-order valence-electron chi connectivity index (χ0n) is 15.0. The first-order valence-electron chi connectivity index (χ1n) is 8.75. The van der Waals surface area contributed by atoms with Crippen LogP contribution in [0.3, 0.4) is 0 Å². The van der Waals surface area contributed by atoms with E-state index in [0.717, 1.165) is 16.9 Å². The number of benzene rings is 2. The third-order valence-corrected chi connectivity index (χ3v) is 4.87. The van der Waals surface area contributed by atoms with Gasteiger partial charge in [0.2, 0.25) is 11.8 Å². The Hall–Kier alpha value is -2.62. The van der Waals surface area contributed by atoms with Gasteiger partial charge in [0, 0.05) is 17.9 Å². The first-order chi connectivity index (χ1) is 12.0. The van der Waals surface area contributed by atoms with E-state index in [1.54, 1.807) is 4.90 Å². The Morgan fingerprint density at radius 2 is 1.76 bits per heavy atom. The van der Waals surface area contributed by atoms with Gasteiger partial charge in [-0.25, -0.2) is 0 Å². The van der Waals surface area contributed by atoms with Gasteiger partial charge in [-0.2, -0.15) is 0 Å². The van der Waals surface area contributed by atoms with Crippen LogP contribution in [-0.2, 0) is 9.59 Å². The SMILES string of the molecule is CCN(C(=O)C1CC1C(=O)Nc1ccc(C)c(C)c1)c1ccccc1. The van der Waals surface area contributed by atoms with Gasteiger partial charge < -0.3 is 10.2 Å². The molecule has 0 radical (unpaired) electrons. The monoisotopic (exact) mass is 336 g/mol. The normalized spacial score (nSPS) is 18.5. The molecule has 0 bridgehead atoms. The molecule has 1 saturated carbocycles. The van der Waals surface area contributed by atoms with Crippen LogP contribution in [0.5, 0.6) is 0 Å². The van der Waals surface area contributed by atoms with Gasteiger partial charge in [-0.1, -0.05) is 24.3 Å². The molecule has 0 heterocycles. The highest BCUT2D eigenvalue weighted by Crippen LogP contribution is 2.41. The number of rotatable bonds is 5. The van der Waals surface area contributed by atoms with E-state index in [-0.39, 0.29) is 23.7 Å². The van der Waals surface area contributed by atoms with E-state index in [2.05, 4.69) is 5.32 Å². The third kappa shape index (κ3) is 3.73. The van der Waals surface area contributed by atoms with Gasteiger partial charge in [0.1, 0.15) is 0 Å². The zero-order chi connectivity index (χ0) is 18.0. The Morgan fingerprint density at radius 1 is 1.04 bits per heavy atom. The van der Waals surface area contributed by atoms with Crippen molar-refractivity contribution in [3.63, 3.8) is 0 Å². The van der Waals surface area contributed by atoms with E-state index >= 15 is 0 Å². The van der Waals surface area contributed by atoms with Crippen LogP contribution in [0.4, 0.5) is 11.4 Å². The first-order valence-corrected chi connectivity index (χ1v) is 8.75. The highest BCUT2D eigenvalue weighted by Gasteiger charge is 2.49. The molecule has 130 valence electrons. The summed E-state index contributed by atoms with van der Waals surface area (Å²) in [5.74, 6) is -0.474. The molecule has 0 saturated heterocycles. The number of carbonyl (C=O) groups excluding carboxylic acids is 2. The molecule has 4 heteroatoms. The topological polar surface area (TPSA) is 49.4 Å². The molecule has 4 nitrogen and oxygen atoms in total. The largest absolute Gasteiger partial charge is 0.326 e. The molecule has 0 aliphatic heterocycles. The molecular weight excluding hydrogens is 312 g/mol. The predicted octanol–water partition coefficient (Wildman–Crippen LogP) is 3.93. The highest BCUT2D eigenvalue weighted by atomic mass is 16.2. The lowest BCUT2D eigenvalue weighted by Gasteiger charge is -2.21. The standard InChI is InChI=1S/C21H24N2O2/c1-4-23(17-8-6-5-7-9-17)21(25)19-13-18(19)20(24)22-16-11-10-14(2)15(3)12-16/h5-12,18-19H,4,13H2,1-3H3,(H,22,24). The van der Waals surface area contributed by atoms with Gasteiger partial charge in [-0.05, 0) is 62.6 Å². The molecule has 1 fully saturated rings. The van der Waals surface area contributed by atoms with Crippen LogP contribution in [0.1, 0.15) is 24.5 Å². The van der Waals surface area contributed by atoms with Crippen LogP contribution in [0.2, 0.25) is 0 Å². The van der Waals surface area contributed by atoms with E-state index in [1.807, 2.05) is 69.3 Å². The van der Waals surface area contributed by atoms with Gasteiger partial charge in [0.15, 0.2) is 0 Å². The molecule has 1 aliphatic carbocycles. The predicted molar refractivity (Wildman–Crippen MR) is 101 cm³/mol. The second-order valence-corrected chi connectivity index (χ2v) is 6.66. The lowest BCUT2D eigenvalue weighted by molar-refractivity contribution is -0.123. The number of anilines is 2. The van der Waals surface area contributed by atoms with Gasteiger partial charge in [0.05, 0.1) is 11.8 Å². The maximum atomic E-state index is 12.7. The molecular formula is C21H24N2O2. The average Bonchev–Trinajstić information content (AvgIpc) is 3.40. The second-order valence-electron chi connectivity index (χ2n) is 6.66. The maximum Gasteiger partial charge on any atom is 0.230 e. The van der Waals surface area contributed by atoms with Crippen LogP contribution >= 0.6 is 0 Å². The number of hydrogen-bond donors (Lipinski definition) is 1. The van der Waals surface area contributed by atoms with Gasteiger partial charge >= 0.3 is 0 Å². The van der Waals surface area contributed by atoms with Crippen molar-refractivity contribution in [3.05, 3.63) is 59.7 Å². The average molecular weight is 336 g/mol. The zero-order valence-corrected chi connectivity index (χ0v) is 15.0. The van der Waals surface area contributed by atoms with E-state index in [0.29, 0.717) is 13.0 Å². The molecule has 2 amide bonds. The number of amides is 2. The molecule has 2 atom stereocenters. The fraction of sp³-hybridized carbons (Fsp3) is 0.333. The number of carbonyl (C=O) groups is 2. The Bertz CT molecular complexity index is 786. The Balaban J connectivity index is 1.64. The molecule has 3 rings (SSSR count). The van der Waals surface area contributed by atoms with Crippen molar-refractivity contribution in [3.8, 4) is 0 Å². The van der Waals surface area contributed by atoms with Crippen LogP contribution in [-0.4, -0.2) is 18.4 Å². The molecule has 2 aromatic carbocycles. The van der Waals surface area contributed by atoms with Gasteiger partial charge in [-0.15, -0.1) is 0 Å². The summed E-state index contributed by atoms with van der Waals surface area (Å²) in [5.41, 5.74) is 4.01. The Morgan fingerprint density at radius 3 is 2.40 bits per heavy atom. The number of nitrogens with one attached hydrogen (secondary N) is 1. The lowest BCUT2D eigenvalue weighted by Crippen LogP contribution is -2.33. The van der Waals surface area contributed by atoms with Crippen molar-refractivity contribution in [2.24, 2.45) is 11.8 Å². The molecule has 2 unspecified atom stereocenters. The van der Waals surface area contributed by atoms with Crippen molar-refractivity contribution in [2.75, 3.05) is 16.8 Å². The fourth-order valence-electron chi connectivity index (χ4n) is 3.09. The summed E-state index contributed by atoms with van der Waals surface area (Å²) in [7, 11) is 0. The Labute approximate surface area is 148 Å². The molecule has 1 aliphatic rings. The minimum absolute atomic E-state index is 0.0361. The summed E-state index contributed by atoms with van der Waals surface area (Å²) in [5, 5.41) is 2.94. The highest BCUT2D eigenvalue weighted by molar-refractivity contribution is 6.04. The van der Waals surface area contributed by atoms with Crippen LogP contribution in [0.15, 0.2) is 48.5 Å². The number of para-hydroxylation sites is 1. The fourth-order valence-corrected chi connectivity index (χ4v) is 3.09. The first kappa shape index (κ1) is 17.2. The van der Waals surface area contributed by atoms with Crippen molar-refractivity contribution in [1.82, 2.24) is 0 Å². The van der Waals surface area contributed by atoms with E-state index in [9.17, 15) is 9.59 Å². The molecule has 25 heavy (non-hydrogen) atoms. The number of hydrogen-bond acceptors (Lipinski definition) is 2. The minimum atomic E-state index is -0.230. The lowest BCUT2D eigenvalue weighted by atomic mass is 10.1.